The van der Waals surface area contributed by atoms with E-state index in [0.29, 0.717) is 0 Å². The van der Waals surface area contributed by atoms with Crippen LogP contribution in [0.2, 0.25) is 0 Å². The van der Waals surface area contributed by atoms with Crippen LogP contribution in [0.1, 0.15) is 32.6 Å². The molecule has 1 heterocycles. The molecule has 41 heavy (non-hydrogen) atoms. The quantitative estimate of drug-likeness (QED) is 0.110. The number of carboxylic acid groups (broad SMARTS) is 6. The number of rotatable bonds is 10. The van der Waals surface area contributed by atoms with Crippen LogP contribution in [0.3, 0.4) is 0 Å². The molecule has 0 unspecified atom stereocenters. The summed E-state index contributed by atoms with van der Waals surface area (Å²) in [5, 5.41) is 58.8. The van der Waals surface area contributed by atoms with Gasteiger partial charge in [0.1, 0.15) is 18.1 Å². The Bertz CT molecular complexity index is 732. The van der Waals surface area contributed by atoms with Gasteiger partial charge in [-0.2, -0.15) is 0 Å². The van der Waals surface area contributed by atoms with E-state index < -0.39 is 59.9 Å². The summed E-state index contributed by atoms with van der Waals surface area (Å²) in [6.07, 6.45) is 0.928. The number of carboxylic acids is 6. The molecule has 1 fully saturated rings. The molecule has 0 bridgehead atoms. The molecule has 4 atom stereocenters. The maximum Gasteiger partial charge on any atom is 0.323 e. The normalized spacial score (nSPS) is 14.7. The number of carbonyl (C=O) groups is 7. The summed E-state index contributed by atoms with van der Waals surface area (Å²) in [5.41, 5.74) is 28.4. The van der Waals surface area contributed by atoms with Gasteiger partial charge in [-0.1, -0.05) is 0 Å². The van der Waals surface area contributed by atoms with E-state index in [9.17, 15) is 33.6 Å². The molecule has 0 aromatic heterocycles. The second kappa shape index (κ2) is 30.6. The summed E-state index contributed by atoms with van der Waals surface area (Å²) in [4.78, 5) is 67.9. The first-order valence-corrected chi connectivity index (χ1v) is 11.4. The average molecular weight is 606 g/mol. The fourth-order valence-corrected chi connectivity index (χ4v) is 1.52. The molecule has 1 aliphatic rings. The van der Waals surface area contributed by atoms with Crippen molar-refractivity contribution in [3.05, 3.63) is 0 Å². The van der Waals surface area contributed by atoms with Crippen LogP contribution < -0.4 is 39.7 Å². The molecule has 242 valence electrons. The lowest BCUT2D eigenvalue weighted by molar-refractivity contribution is -0.141. The molecule has 0 radical (unpaired) electrons. The van der Waals surface area contributed by atoms with Crippen LogP contribution >= 0.6 is 0 Å². The van der Waals surface area contributed by atoms with Gasteiger partial charge >= 0.3 is 35.8 Å². The van der Waals surface area contributed by atoms with Crippen molar-refractivity contribution in [2.24, 2.45) is 34.4 Å². The van der Waals surface area contributed by atoms with E-state index in [-0.39, 0.29) is 38.5 Å². The minimum absolute atomic E-state index is 0.0213. The molecule has 1 saturated heterocycles. The van der Waals surface area contributed by atoms with Gasteiger partial charge in [0.2, 0.25) is 5.91 Å². The van der Waals surface area contributed by atoms with Crippen molar-refractivity contribution in [2.45, 2.75) is 56.8 Å². The summed E-state index contributed by atoms with van der Waals surface area (Å²) < 4.78 is 0. The van der Waals surface area contributed by atoms with E-state index in [1.807, 2.05) is 0 Å². The van der Waals surface area contributed by atoms with Crippen LogP contribution in [-0.2, 0) is 33.6 Å². The number of primary amides is 1. The van der Waals surface area contributed by atoms with Gasteiger partial charge in [-0.15, -0.1) is 0 Å². The fraction of sp³-hybridized carbons (Fsp3) is 0.650. The van der Waals surface area contributed by atoms with E-state index in [4.69, 9.17) is 52.9 Å². The zero-order chi connectivity index (χ0) is 33.7. The Labute approximate surface area is 234 Å². The molecule has 1 amide bonds. The third-order valence-corrected chi connectivity index (χ3v) is 3.71. The number of hydrogen-bond donors (Lipinski definition) is 14. The second-order valence-corrected chi connectivity index (χ2v) is 7.34. The Morgan fingerprint density at radius 1 is 0.780 bits per heavy atom. The lowest BCUT2D eigenvalue weighted by Crippen LogP contribution is -2.39. The van der Waals surface area contributed by atoms with Crippen molar-refractivity contribution in [1.29, 1.82) is 0 Å². The van der Waals surface area contributed by atoms with E-state index in [0.717, 1.165) is 19.4 Å². The van der Waals surface area contributed by atoms with Gasteiger partial charge in [0.05, 0.1) is 25.7 Å². The minimum atomic E-state index is -1.18. The maximum absolute atomic E-state index is 10.1. The van der Waals surface area contributed by atoms with Gasteiger partial charge in [0, 0.05) is 6.42 Å². The van der Waals surface area contributed by atoms with Crippen LogP contribution in [-0.4, -0.2) is 128 Å². The van der Waals surface area contributed by atoms with Crippen LogP contribution in [0.5, 0.6) is 0 Å². The van der Waals surface area contributed by atoms with Crippen molar-refractivity contribution >= 4 is 41.7 Å². The van der Waals surface area contributed by atoms with Gasteiger partial charge in [0.25, 0.3) is 0 Å². The Morgan fingerprint density at radius 2 is 1.15 bits per heavy atom. The topological polar surface area (TPSA) is 429 Å². The molecule has 21 heteroatoms. The van der Waals surface area contributed by atoms with E-state index in [2.05, 4.69) is 22.5 Å². The second-order valence-electron chi connectivity index (χ2n) is 7.34. The van der Waals surface area contributed by atoms with Crippen molar-refractivity contribution in [3.8, 4) is 0 Å². The third-order valence-electron chi connectivity index (χ3n) is 3.71. The Hall–Kier alpha value is -3.99. The largest absolute Gasteiger partial charge is 0.480 e. The lowest BCUT2D eigenvalue weighted by Gasteiger charge is -2.06. The molecule has 21 nitrogen and oxygen atoms in total. The average Bonchev–Trinajstić information content (AvgIpc) is 3.44. The highest BCUT2D eigenvalue weighted by molar-refractivity contribution is 5.77. The SMILES string of the molecule is C[C@@H](O)[C@H](N)C(=O)O.NC(=O)CC[C@H](N)C(=O)O.NCC(=O)O.NCC(=O)O.NCC(=O)O.O=C(O)[C@@H]1CCCN1. The standard InChI is InChI=1S/C5H10N2O3.C5H9NO2.C4H9NO3.3C2H5NO2/c6-3(5(9)10)1-2-4(7)8;7-5(8)4-2-1-3-6-4;1-2(6)3(5)4(7)8;3*3-1-2(4)5/h3H,1-2,6H2,(H2,7,8)(H,9,10);4,6H,1-3H2,(H,7,8);2-3,6H,5H2,1H3,(H,7,8);3*1,3H2,(H,4,5)/t3-;4-;2-,3+;;;/m001.../s1. The molecule has 1 aliphatic heterocycles. The monoisotopic (exact) mass is 605 g/mol. The smallest absolute Gasteiger partial charge is 0.323 e. The van der Waals surface area contributed by atoms with Crippen molar-refractivity contribution in [1.82, 2.24) is 5.32 Å². The highest BCUT2D eigenvalue weighted by Gasteiger charge is 2.20. The van der Waals surface area contributed by atoms with Crippen molar-refractivity contribution in [2.75, 3.05) is 26.2 Å². The predicted octanol–water partition coefficient (Wildman–Crippen LogP) is -5.65. The molecule has 1 rings (SSSR count). The van der Waals surface area contributed by atoms with Crippen LogP contribution in [0.4, 0.5) is 0 Å². The zero-order valence-corrected chi connectivity index (χ0v) is 22.4. The van der Waals surface area contributed by atoms with Crippen LogP contribution in [0.15, 0.2) is 0 Å². The van der Waals surface area contributed by atoms with E-state index >= 15 is 0 Å². The fourth-order valence-electron chi connectivity index (χ4n) is 1.52. The van der Waals surface area contributed by atoms with Gasteiger partial charge in [-0.3, -0.25) is 33.6 Å². The summed E-state index contributed by atoms with van der Waals surface area (Å²) in [5.74, 6) is -6.44. The Balaban J connectivity index is -0.000000129. The van der Waals surface area contributed by atoms with Crippen molar-refractivity contribution < 1.29 is 69.3 Å². The molecule has 0 saturated carbocycles. The molecule has 0 spiro atoms. The molecule has 0 aromatic carbocycles. The molecule has 20 N–H and O–H groups in total. The molecule has 0 aromatic rings. The summed E-state index contributed by atoms with van der Waals surface area (Å²) >= 11 is 0. The lowest BCUT2D eigenvalue weighted by atomic mass is 10.2. The van der Waals surface area contributed by atoms with E-state index in [1.54, 1.807) is 0 Å². The number of nitrogens with two attached hydrogens (primary N) is 6. The Kier molecular flexibility index (Phi) is 34.9. The summed E-state index contributed by atoms with van der Waals surface area (Å²) in [6.45, 7) is 1.36. The number of carbonyl (C=O) groups excluding carboxylic acids is 1. The highest BCUT2D eigenvalue weighted by atomic mass is 16.4. The van der Waals surface area contributed by atoms with Crippen LogP contribution in [0, 0.1) is 0 Å². The molecular formula is C20H43N7O14. The van der Waals surface area contributed by atoms with E-state index in [1.165, 1.54) is 6.92 Å². The number of amides is 1. The number of aliphatic hydroxyl groups is 1. The molecular weight excluding hydrogens is 562 g/mol. The first-order chi connectivity index (χ1) is 18.7. The van der Waals surface area contributed by atoms with Crippen LogP contribution in [0.25, 0.3) is 0 Å². The third kappa shape index (κ3) is 46.2. The number of aliphatic hydroxyl groups excluding tert-OH is 1. The predicted molar refractivity (Wildman–Crippen MR) is 140 cm³/mol. The zero-order valence-electron chi connectivity index (χ0n) is 22.4. The summed E-state index contributed by atoms with van der Waals surface area (Å²) in [7, 11) is 0. The van der Waals surface area contributed by atoms with Gasteiger partial charge in [-0.25, -0.2) is 0 Å². The minimum Gasteiger partial charge on any atom is -0.480 e. The number of hydrogen-bond acceptors (Lipinski definition) is 14. The van der Waals surface area contributed by atoms with Gasteiger partial charge in [0.15, 0.2) is 0 Å². The molecule has 0 aliphatic carbocycles. The van der Waals surface area contributed by atoms with Gasteiger partial charge < -0.3 is 75.5 Å². The first kappa shape index (κ1) is 46.8. The van der Waals surface area contributed by atoms with Gasteiger partial charge in [-0.05, 0) is 32.7 Å². The summed E-state index contributed by atoms with van der Waals surface area (Å²) in [6, 6.07) is -2.41. The number of nitrogens with one attached hydrogen (secondary N) is 1. The Morgan fingerprint density at radius 3 is 1.27 bits per heavy atom. The highest BCUT2D eigenvalue weighted by Crippen LogP contribution is 2.03. The van der Waals surface area contributed by atoms with Crippen molar-refractivity contribution in [3.63, 3.8) is 0 Å². The maximum atomic E-state index is 10.1. The first-order valence-electron chi connectivity index (χ1n) is 11.4. The number of aliphatic carboxylic acids is 6.